The Labute approximate surface area is 115 Å². The summed E-state index contributed by atoms with van der Waals surface area (Å²) in [6.07, 6.45) is 2.23. The van der Waals surface area contributed by atoms with Crippen LogP contribution in [0.1, 0.15) is 37.8 Å². The lowest BCUT2D eigenvalue weighted by atomic mass is 10.0. The number of rotatable bonds is 5. The highest BCUT2D eigenvalue weighted by molar-refractivity contribution is 5.82. The molecule has 1 aliphatic rings. The monoisotopic (exact) mass is 260 g/mol. The topological polar surface area (TPSA) is 46.3 Å². The molecule has 0 bridgehead atoms. The number of amides is 1. The second-order valence-corrected chi connectivity index (χ2v) is 5.89. The molecule has 2 N–H and O–H groups in total. The maximum absolute atomic E-state index is 12.5. The summed E-state index contributed by atoms with van der Waals surface area (Å²) < 4.78 is 0. The molecular weight excluding hydrogens is 236 g/mol. The van der Waals surface area contributed by atoms with Crippen molar-refractivity contribution in [2.75, 3.05) is 0 Å². The Hall–Kier alpha value is -1.35. The highest BCUT2D eigenvalue weighted by Crippen LogP contribution is 2.29. The van der Waals surface area contributed by atoms with Gasteiger partial charge in [-0.2, -0.15) is 0 Å². The molecule has 1 aliphatic carbocycles. The van der Waals surface area contributed by atoms with Gasteiger partial charge in [0, 0.05) is 12.6 Å². The fraction of sp³-hybridized carbons (Fsp3) is 0.562. The summed E-state index contributed by atoms with van der Waals surface area (Å²) in [6, 6.07) is 8.26. The maximum atomic E-state index is 12.5. The molecule has 0 radical (unpaired) electrons. The van der Waals surface area contributed by atoms with Crippen molar-refractivity contribution in [3.8, 4) is 0 Å². The third kappa shape index (κ3) is 3.35. The quantitative estimate of drug-likeness (QED) is 0.884. The van der Waals surface area contributed by atoms with Gasteiger partial charge in [-0.05, 0) is 36.8 Å². The summed E-state index contributed by atoms with van der Waals surface area (Å²) in [5, 5.41) is 0. The molecule has 0 aromatic heterocycles. The molecule has 3 heteroatoms. The lowest BCUT2D eigenvalue weighted by Gasteiger charge is -2.28. The minimum absolute atomic E-state index is 0.0979. The van der Waals surface area contributed by atoms with E-state index in [1.165, 1.54) is 11.1 Å². The summed E-state index contributed by atoms with van der Waals surface area (Å²) >= 11 is 0. The minimum atomic E-state index is -0.385. The minimum Gasteiger partial charge on any atom is -0.334 e. The Balaban J connectivity index is 2.13. The molecule has 1 aromatic rings. The Morgan fingerprint density at radius 1 is 1.37 bits per heavy atom. The van der Waals surface area contributed by atoms with Gasteiger partial charge in [0.25, 0.3) is 0 Å². The summed E-state index contributed by atoms with van der Waals surface area (Å²) in [7, 11) is 0. The number of hydrogen-bond donors (Lipinski definition) is 1. The van der Waals surface area contributed by atoms with E-state index in [-0.39, 0.29) is 17.9 Å². The van der Waals surface area contributed by atoms with Crippen LogP contribution < -0.4 is 5.73 Å². The van der Waals surface area contributed by atoms with Gasteiger partial charge in [0.2, 0.25) is 5.91 Å². The number of nitrogens with two attached hydrogens (primary N) is 1. The molecule has 1 atom stereocenters. The van der Waals surface area contributed by atoms with Crippen molar-refractivity contribution in [1.29, 1.82) is 0 Å². The molecule has 2 rings (SSSR count). The summed E-state index contributed by atoms with van der Waals surface area (Å²) in [5.74, 6) is 0.284. The Kier molecular flexibility index (Phi) is 4.25. The number of nitrogens with zero attached hydrogens (tertiary/aromatic N) is 1. The Morgan fingerprint density at radius 3 is 2.53 bits per heavy atom. The normalized spacial score (nSPS) is 16.5. The molecule has 1 aromatic carbocycles. The number of benzene rings is 1. The van der Waals surface area contributed by atoms with Crippen LogP contribution in [0.25, 0.3) is 0 Å². The zero-order valence-electron chi connectivity index (χ0n) is 12.1. The van der Waals surface area contributed by atoms with E-state index >= 15 is 0 Å². The van der Waals surface area contributed by atoms with Crippen molar-refractivity contribution in [2.45, 2.75) is 52.2 Å². The molecular formula is C16H24N2O. The van der Waals surface area contributed by atoms with Crippen LogP contribution in [0.15, 0.2) is 24.3 Å². The first kappa shape index (κ1) is 14.1. The van der Waals surface area contributed by atoms with Crippen molar-refractivity contribution in [3.05, 3.63) is 35.4 Å². The molecule has 0 aliphatic heterocycles. The molecule has 0 saturated heterocycles. The van der Waals surface area contributed by atoms with Gasteiger partial charge in [0.15, 0.2) is 0 Å². The van der Waals surface area contributed by atoms with Gasteiger partial charge < -0.3 is 10.6 Å². The molecule has 3 nitrogen and oxygen atoms in total. The van der Waals surface area contributed by atoms with Crippen molar-refractivity contribution in [2.24, 2.45) is 11.7 Å². The van der Waals surface area contributed by atoms with Crippen molar-refractivity contribution < 1.29 is 4.79 Å². The number of aryl methyl sites for hydroxylation is 1. The lowest BCUT2D eigenvalue weighted by Crippen LogP contribution is -2.47. The van der Waals surface area contributed by atoms with Crippen LogP contribution in [-0.2, 0) is 11.3 Å². The van der Waals surface area contributed by atoms with Crippen LogP contribution >= 0.6 is 0 Å². The second-order valence-electron chi connectivity index (χ2n) is 5.89. The Morgan fingerprint density at radius 2 is 2.00 bits per heavy atom. The number of carbonyl (C=O) groups excluding carboxylic acids is 1. The van der Waals surface area contributed by atoms with Gasteiger partial charge in [0.1, 0.15) is 0 Å². The number of carbonyl (C=O) groups is 1. The summed E-state index contributed by atoms with van der Waals surface area (Å²) in [6.45, 7) is 6.78. The maximum Gasteiger partial charge on any atom is 0.240 e. The van der Waals surface area contributed by atoms with Gasteiger partial charge in [-0.15, -0.1) is 0 Å². The smallest absolute Gasteiger partial charge is 0.240 e. The largest absolute Gasteiger partial charge is 0.334 e. The Bertz CT molecular complexity index is 452. The van der Waals surface area contributed by atoms with E-state index in [9.17, 15) is 4.79 Å². The first-order chi connectivity index (χ1) is 9.00. The van der Waals surface area contributed by atoms with Crippen LogP contribution in [0.5, 0.6) is 0 Å². The van der Waals surface area contributed by atoms with Crippen LogP contribution in [0, 0.1) is 12.8 Å². The van der Waals surface area contributed by atoms with E-state index in [1.54, 1.807) is 0 Å². The van der Waals surface area contributed by atoms with Gasteiger partial charge in [-0.3, -0.25) is 4.79 Å². The van der Waals surface area contributed by atoms with E-state index < -0.39 is 0 Å². The van der Waals surface area contributed by atoms with Crippen LogP contribution in [-0.4, -0.2) is 22.9 Å². The molecule has 1 amide bonds. The van der Waals surface area contributed by atoms with Crippen molar-refractivity contribution in [3.63, 3.8) is 0 Å². The third-order valence-corrected chi connectivity index (χ3v) is 3.88. The van der Waals surface area contributed by atoms with Crippen LogP contribution in [0.3, 0.4) is 0 Å². The number of hydrogen-bond acceptors (Lipinski definition) is 2. The first-order valence-electron chi connectivity index (χ1n) is 7.11. The lowest BCUT2D eigenvalue weighted by molar-refractivity contribution is -0.134. The fourth-order valence-corrected chi connectivity index (χ4v) is 2.22. The van der Waals surface area contributed by atoms with E-state index in [1.807, 2.05) is 30.9 Å². The van der Waals surface area contributed by atoms with Crippen LogP contribution in [0.4, 0.5) is 0 Å². The molecule has 19 heavy (non-hydrogen) atoms. The van der Waals surface area contributed by atoms with E-state index in [2.05, 4.69) is 19.1 Å². The summed E-state index contributed by atoms with van der Waals surface area (Å²) in [5.41, 5.74) is 8.48. The zero-order valence-corrected chi connectivity index (χ0v) is 12.1. The molecule has 1 fully saturated rings. The predicted octanol–water partition coefficient (Wildman–Crippen LogP) is 2.47. The van der Waals surface area contributed by atoms with Gasteiger partial charge in [-0.1, -0.05) is 38.1 Å². The average Bonchev–Trinajstić information content (AvgIpc) is 3.20. The van der Waals surface area contributed by atoms with Crippen LogP contribution in [0.2, 0.25) is 0 Å². The predicted molar refractivity (Wildman–Crippen MR) is 77.6 cm³/mol. The first-order valence-corrected chi connectivity index (χ1v) is 7.11. The molecule has 104 valence electrons. The third-order valence-electron chi connectivity index (χ3n) is 3.88. The summed E-state index contributed by atoms with van der Waals surface area (Å²) in [4.78, 5) is 14.5. The SMILES string of the molecule is Cc1ccccc1CN(C(=O)[C@@H](N)C(C)C)C1CC1. The highest BCUT2D eigenvalue weighted by atomic mass is 16.2. The highest BCUT2D eigenvalue weighted by Gasteiger charge is 2.35. The second kappa shape index (κ2) is 5.74. The van der Waals surface area contributed by atoms with Gasteiger partial charge >= 0.3 is 0 Å². The van der Waals surface area contributed by atoms with E-state index in [0.29, 0.717) is 12.6 Å². The fourth-order valence-electron chi connectivity index (χ4n) is 2.22. The van der Waals surface area contributed by atoms with Gasteiger partial charge in [0.05, 0.1) is 6.04 Å². The molecule has 0 heterocycles. The average molecular weight is 260 g/mol. The van der Waals surface area contributed by atoms with Gasteiger partial charge in [-0.25, -0.2) is 0 Å². The molecule has 0 spiro atoms. The van der Waals surface area contributed by atoms with Crippen molar-refractivity contribution >= 4 is 5.91 Å². The zero-order chi connectivity index (χ0) is 14.0. The van der Waals surface area contributed by atoms with E-state index in [0.717, 1.165) is 12.8 Å². The molecule has 0 unspecified atom stereocenters. The molecule has 1 saturated carbocycles. The standard InChI is InChI=1S/C16H24N2O/c1-11(2)15(17)16(19)18(14-8-9-14)10-13-7-5-4-6-12(13)3/h4-7,11,14-15H,8-10,17H2,1-3H3/t15-/m0/s1. The van der Waals surface area contributed by atoms with E-state index in [4.69, 9.17) is 5.73 Å². The van der Waals surface area contributed by atoms with Crippen molar-refractivity contribution in [1.82, 2.24) is 4.90 Å².